The highest BCUT2D eigenvalue weighted by atomic mass is 32.2. The van der Waals surface area contributed by atoms with Gasteiger partial charge in [-0.3, -0.25) is 9.10 Å². The number of sulfonamides is 1. The first-order valence-corrected chi connectivity index (χ1v) is 11.2. The van der Waals surface area contributed by atoms with Gasteiger partial charge < -0.3 is 14.8 Å². The van der Waals surface area contributed by atoms with Gasteiger partial charge in [-0.1, -0.05) is 19.1 Å². The molecule has 2 aromatic carbocycles. The smallest absolute Gasteiger partial charge is 0.265 e. The SMILES string of the molecule is CC[C@H](Oc1ccc(N(C)S(C)(=O)=O)cc1)C(=O)Nc1ccccc1OC(C)C. The molecule has 2 rings (SSSR count). The van der Waals surface area contributed by atoms with E-state index >= 15 is 0 Å². The number of benzene rings is 2. The number of ether oxygens (including phenoxy) is 2. The lowest BCUT2D eigenvalue weighted by atomic mass is 10.2. The zero-order valence-electron chi connectivity index (χ0n) is 17.4. The van der Waals surface area contributed by atoms with Crippen molar-refractivity contribution in [1.82, 2.24) is 0 Å². The number of anilines is 2. The fourth-order valence-electron chi connectivity index (χ4n) is 2.55. The molecule has 0 aliphatic carbocycles. The summed E-state index contributed by atoms with van der Waals surface area (Å²) in [5, 5.41) is 2.86. The number of carbonyl (C=O) groups is 1. The van der Waals surface area contributed by atoms with Crippen molar-refractivity contribution >= 4 is 27.3 Å². The van der Waals surface area contributed by atoms with E-state index in [1.54, 1.807) is 36.4 Å². The number of hydrogen-bond donors (Lipinski definition) is 1. The first-order valence-electron chi connectivity index (χ1n) is 9.39. The van der Waals surface area contributed by atoms with Crippen LogP contribution in [0.2, 0.25) is 0 Å². The molecule has 29 heavy (non-hydrogen) atoms. The minimum atomic E-state index is -3.34. The van der Waals surface area contributed by atoms with Crippen LogP contribution >= 0.6 is 0 Å². The zero-order chi connectivity index (χ0) is 21.6. The molecule has 2 aromatic rings. The molecule has 1 amide bonds. The van der Waals surface area contributed by atoms with Gasteiger partial charge in [-0.15, -0.1) is 0 Å². The van der Waals surface area contributed by atoms with Gasteiger partial charge >= 0.3 is 0 Å². The van der Waals surface area contributed by atoms with E-state index < -0.39 is 16.1 Å². The summed E-state index contributed by atoms with van der Waals surface area (Å²) in [6.07, 6.45) is 0.871. The molecule has 0 aliphatic heterocycles. The third-order valence-corrected chi connectivity index (χ3v) is 5.35. The molecular formula is C21H28N2O5S. The molecule has 1 N–H and O–H groups in total. The molecule has 0 heterocycles. The minimum absolute atomic E-state index is 0.0187. The maximum absolute atomic E-state index is 12.7. The molecule has 0 fully saturated rings. The summed E-state index contributed by atoms with van der Waals surface area (Å²) in [5.41, 5.74) is 1.09. The normalized spacial score (nSPS) is 12.3. The Hall–Kier alpha value is -2.74. The summed E-state index contributed by atoms with van der Waals surface area (Å²) in [6.45, 7) is 5.69. The second-order valence-corrected chi connectivity index (χ2v) is 8.90. The quantitative estimate of drug-likeness (QED) is 0.669. The highest BCUT2D eigenvalue weighted by Crippen LogP contribution is 2.26. The lowest BCUT2D eigenvalue weighted by Crippen LogP contribution is -2.32. The summed E-state index contributed by atoms with van der Waals surface area (Å²) in [6, 6.07) is 13.8. The van der Waals surface area contributed by atoms with Gasteiger partial charge in [-0.2, -0.15) is 0 Å². The van der Waals surface area contributed by atoms with Crippen molar-refractivity contribution in [3.63, 3.8) is 0 Å². The molecule has 8 heteroatoms. The summed E-state index contributed by atoms with van der Waals surface area (Å²) in [5.74, 6) is 0.785. The van der Waals surface area contributed by atoms with Gasteiger partial charge in [0.25, 0.3) is 5.91 Å². The Morgan fingerprint density at radius 3 is 2.24 bits per heavy atom. The predicted molar refractivity (Wildman–Crippen MR) is 115 cm³/mol. The summed E-state index contributed by atoms with van der Waals surface area (Å²) >= 11 is 0. The van der Waals surface area contributed by atoms with Crippen LogP contribution in [-0.4, -0.2) is 39.8 Å². The van der Waals surface area contributed by atoms with E-state index in [0.717, 1.165) is 6.26 Å². The van der Waals surface area contributed by atoms with Crippen LogP contribution < -0.4 is 19.1 Å². The van der Waals surface area contributed by atoms with Crippen molar-refractivity contribution < 1.29 is 22.7 Å². The molecule has 0 spiro atoms. The maximum Gasteiger partial charge on any atom is 0.265 e. The van der Waals surface area contributed by atoms with Crippen LogP contribution in [0.15, 0.2) is 48.5 Å². The first-order chi connectivity index (χ1) is 13.6. The average Bonchev–Trinajstić information content (AvgIpc) is 2.66. The molecule has 0 bridgehead atoms. The molecule has 0 saturated heterocycles. The molecule has 0 saturated carbocycles. The Balaban J connectivity index is 2.09. The fourth-order valence-corrected chi connectivity index (χ4v) is 3.06. The number of nitrogens with zero attached hydrogens (tertiary/aromatic N) is 1. The van der Waals surface area contributed by atoms with E-state index in [0.29, 0.717) is 29.3 Å². The highest BCUT2D eigenvalue weighted by molar-refractivity contribution is 7.92. The first kappa shape index (κ1) is 22.5. The van der Waals surface area contributed by atoms with Crippen LogP contribution in [0.5, 0.6) is 11.5 Å². The van der Waals surface area contributed by atoms with Crippen LogP contribution in [-0.2, 0) is 14.8 Å². The van der Waals surface area contributed by atoms with Gasteiger partial charge in [0.2, 0.25) is 10.0 Å². The van der Waals surface area contributed by atoms with Gasteiger partial charge in [0.05, 0.1) is 23.7 Å². The van der Waals surface area contributed by atoms with Crippen LogP contribution in [0.4, 0.5) is 11.4 Å². The summed E-state index contributed by atoms with van der Waals surface area (Å²) in [4.78, 5) is 12.7. The third kappa shape index (κ3) is 6.39. The van der Waals surface area contributed by atoms with E-state index in [9.17, 15) is 13.2 Å². The van der Waals surface area contributed by atoms with Crippen molar-refractivity contribution in [3.8, 4) is 11.5 Å². The number of amides is 1. The van der Waals surface area contributed by atoms with E-state index in [1.807, 2.05) is 32.9 Å². The number of para-hydroxylation sites is 2. The Morgan fingerprint density at radius 1 is 1.07 bits per heavy atom. The monoisotopic (exact) mass is 420 g/mol. The van der Waals surface area contributed by atoms with Gasteiger partial charge in [-0.05, 0) is 56.7 Å². The summed E-state index contributed by atoms with van der Waals surface area (Å²) < 4.78 is 36.0. The van der Waals surface area contributed by atoms with Gasteiger partial charge in [0.1, 0.15) is 11.5 Å². The number of rotatable bonds is 9. The van der Waals surface area contributed by atoms with E-state index in [4.69, 9.17) is 9.47 Å². The fraction of sp³-hybridized carbons (Fsp3) is 0.381. The van der Waals surface area contributed by atoms with Crippen molar-refractivity contribution in [1.29, 1.82) is 0 Å². The predicted octanol–water partition coefficient (Wildman–Crippen LogP) is 3.67. The Bertz CT molecular complexity index is 926. The van der Waals surface area contributed by atoms with Crippen molar-refractivity contribution in [2.75, 3.05) is 22.9 Å². The van der Waals surface area contributed by atoms with Gasteiger partial charge in [0.15, 0.2) is 6.10 Å². The molecule has 0 aliphatic rings. The van der Waals surface area contributed by atoms with E-state index in [2.05, 4.69) is 5.32 Å². The second kappa shape index (κ2) is 9.65. The van der Waals surface area contributed by atoms with Crippen LogP contribution in [0.25, 0.3) is 0 Å². The Kier molecular flexibility index (Phi) is 7.50. The Labute approximate surface area is 172 Å². The Morgan fingerprint density at radius 2 is 1.69 bits per heavy atom. The number of carbonyl (C=O) groups excluding carboxylic acids is 1. The standard InChI is InChI=1S/C21H28N2O5S/c1-6-19(21(24)22-18-9-7-8-10-20(18)27-15(2)3)28-17-13-11-16(12-14-17)23(4)29(5,25)26/h7-15,19H,6H2,1-5H3,(H,22,24)/t19-/m0/s1. The second-order valence-electron chi connectivity index (χ2n) is 6.89. The van der Waals surface area contributed by atoms with Gasteiger partial charge in [0, 0.05) is 7.05 Å². The molecule has 158 valence electrons. The number of hydrogen-bond acceptors (Lipinski definition) is 5. The molecule has 1 atom stereocenters. The van der Waals surface area contributed by atoms with Crippen molar-refractivity contribution in [3.05, 3.63) is 48.5 Å². The molecule has 7 nitrogen and oxygen atoms in total. The average molecular weight is 421 g/mol. The lowest BCUT2D eigenvalue weighted by molar-refractivity contribution is -0.122. The van der Waals surface area contributed by atoms with Crippen LogP contribution in [0, 0.1) is 0 Å². The molecule has 0 unspecified atom stereocenters. The molecule has 0 radical (unpaired) electrons. The zero-order valence-corrected chi connectivity index (χ0v) is 18.2. The van der Waals surface area contributed by atoms with E-state index in [1.165, 1.54) is 11.4 Å². The minimum Gasteiger partial charge on any atom is -0.489 e. The highest BCUT2D eigenvalue weighted by Gasteiger charge is 2.20. The van der Waals surface area contributed by atoms with Crippen molar-refractivity contribution in [2.24, 2.45) is 0 Å². The maximum atomic E-state index is 12.7. The summed E-state index contributed by atoms with van der Waals surface area (Å²) in [7, 11) is -1.86. The third-order valence-electron chi connectivity index (χ3n) is 4.15. The lowest BCUT2D eigenvalue weighted by Gasteiger charge is -2.20. The largest absolute Gasteiger partial charge is 0.489 e. The molecule has 0 aromatic heterocycles. The van der Waals surface area contributed by atoms with Crippen LogP contribution in [0.3, 0.4) is 0 Å². The van der Waals surface area contributed by atoms with Crippen molar-refractivity contribution in [2.45, 2.75) is 39.4 Å². The topological polar surface area (TPSA) is 84.9 Å². The van der Waals surface area contributed by atoms with Crippen LogP contribution in [0.1, 0.15) is 27.2 Å². The number of nitrogens with one attached hydrogen (secondary N) is 1. The molecular weight excluding hydrogens is 392 g/mol. The van der Waals surface area contributed by atoms with E-state index in [-0.39, 0.29) is 12.0 Å². The van der Waals surface area contributed by atoms with Gasteiger partial charge in [-0.25, -0.2) is 8.42 Å².